The topological polar surface area (TPSA) is 107 Å². The Balaban J connectivity index is 0.00000133. The van der Waals surface area contributed by atoms with E-state index in [-0.39, 0.29) is 0 Å². The molecular formula is C45H54O9. The van der Waals surface area contributed by atoms with Crippen LogP contribution in [0.2, 0.25) is 0 Å². The minimum Gasteiger partial charge on any atom is -0.501 e. The molecule has 0 N–H and O–H groups in total. The molecular weight excluding hydrogens is 684 g/mol. The van der Waals surface area contributed by atoms with Gasteiger partial charge in [0, 0.05) is 25.9 Å². The van der Waals surface area contributed by atoms with Crippen molar-refractivity contribution in [3.05, 3.63) is 133 Å². The second-order valence-electron chi connectivity index (χ2n) is 12.0. The van der Waals surface area contributed by atoms with E-state index in [1.165, 1.54) is 43.1 Å². The number of ether oxygens (including phenoxy) is 6. The number of carbonyl (C=O) groups is 3. The number of unbranched alkanes of at least 4 members (excludes halogenated alkanes) is 2. The smallest absolute Gasteiger partial charge is 0.336 e. The molecule has 0 aliphatic heterocycles. The zero-order valence-corrected chi connectivity index (χ0v) is 31.8. The van der Waals surface area contributed by atoms with Gasteiger partial charge in [-0.3, -0.25) is 4.79 Å². The highest BCUT2D eigenvalue weighted by molar-refractivity contribution is 5.89. The predicted octanol–water partition coefficient (Wildman–Crippen LogP) is 9.85. The van der Waals surface area contributed by atoms with Gasteiger partial charge in [0.05, 0.1) is 26.1 Å². The molecule has 1 aliphatic carbocycles. The number of methoxy groups -OCH3 is 1. The van der Waals surface area contributed by atoms with Crippen LogP contribution in [0.1, 0.15) is 68.6 Å². The Morgan fingerprint density at radius 1 is 0.704 bits per heavy atom. The summed E-state index contributed by atoms with van der Waals surface area (Å²) in [5.41, 5.74) is 3.75. The van der Waals surface area contributed by atoms with E-state index in [4.69, 9.17) is 33.2 Å². The Labute approximate surface area is 320 Å². The summed E-state index contributed by atoms with van der Waals surface area (Å²) in [5.74, 6) is 1.24. The van der Waals surface area contributed by atoms with Crippen LogP contribution in [0.5, 0.6) is 23.0 Å². The highest BCUT2D eigenvalue weighted by atomic mass is 16.5. The van der Waals surface area contributed by atoms with Crippen molar-refractivity contribution >= 4 is 30.4 Å². The first-order valence-corrected chi connectivity index (χ1v) is 18.1. The lowest BCUT2D eigenvalue weighted by Crippen LogP contribution is -2.06. The Bertz CT molecular complexity index is 1640. The lowest BCUT2D eigenvalue weighted by molar-refractivity contribution is -0.130. The van der Waals surface area contributed by atoms with Gasteiger partial charge in [0.1, 0.15) is 29.3 Å². The molecule has 9 nitrogen and oxygen atoms in total. The van der Waals surface area contributed by atoms with Crippen LogP contribution in [0.25, 0.3) is 12.2 Å². The quantitative estimate of drug-likeness (QED) is 0.0213. The normalized spacial score (nSPS) is 11.5. The number of aldehydes is 1. The van der Waals surface area contributed by atoms with E-state index < -0.39 is 11.9 Å². The van der Waals surface area contributed by atoms with E-state index in [1.54, 1.807) is 50.5 Å². The van der Waals surface area contributed by atoms with Gasteiger partial charge in [-0.2, -0.15) is 0 Å². The fourth-order valence-corrected chi connectivity index (χ4v) is 4.46. The number of rotatable bonds is 20. The maximum Gasteiger partial charge on any atom is 0.336 e. The van der Waals surface area contributed by atoms with Crippen LogP contribution in [0.15, 0.2) is 116 Å². The molecule has 0 bridgehead atoms. The summed E-state index contributed by atoms with van der Waals surface area (Å²) in [7, 11) is 1.69. The summed E-state index contributed by atoms with van der Waals surface area (Å²) >= 11 is 0. The fourth-order valence-electron chi connectivity index (χ4n) is 4.46. The molecule has 4 rings (SSSR count). The minimum atomic E-state index is -0.519. The Morgan fingerprint density at radius 2 is 1.19 bits per heavy atom. The van der Waals surface area contributed by atoms with Gasteiger partial charge in [-0.15, -0.1) is 6.58 Å². The van der Waals surface area contributed by atoms with Crippen LogP contribution in [0, 0.1) is 6.92 Å². The molecule has 3 aromatic carbocycles. The first kappa shape index (κ1) is 44.5. The molecule has 0 unspecified atom stereocenters. The molecule has 0 saturated heterocycles. The molecule has 288 valence electrons. The number of hydrogen-bond acceptors (Lipinski definition) is 9. The molecule has 0 atom stereocenters. The first-order valence-electron chi connectivity index (χ1n) is 18.1. The average Bonchev–Trinajstić information content (AvgIpc) is 3.16. The van der Waals surface area contributed by atoms with Crippen LogP contribution in [0.4, 0.5) is 0 Å². The SMILES string of the molecule is C=CC.C=CC=O.COCCCCOc1ccc(/C=C/C(=O)Oc2ccc(OC(=O)/C=C/c3ccc(OCCCCOC=C4CCC4)cc3)c(C)c2)cc1. The summed E-state index contributed by atoms with van der Waals surface area (Å²) in [5, 5.41) is 0. The molecule has 0 spiro atoms. The summed E-state index contributed by atoms with van der Waals surface area (Å²) < 4.78 is 33.0. The summed E-state index contributed by atoms with van der Waals surface area (Å²) in [6.45, 7) is 12.8. The van der Waals surface area contributed by atoms with Gasteiger partial charge in [0.25, 0.3) is 0 Å². The third-order valence-electron chi connectivity index (χ3n) is 7.44. The van der Waals surface area contributed by atoms with Crippen molar-refractivity contribution in [2.24, 2.45) is 0 Å². The molecule has 1 aliphatic rings. The zero-order chi connectivity index (χ0) is 39.2. The van der Waals surface area contributed by atoms with Crippen molar-refractivity contribution in [2.75, 3.05) is 33.5 Å². The van der Waals surface area contributed by atoms with Gasteiger partial charge in [-0.25, -0.2) is 9.59 Å². The highest BCUT2D eigenvalue weighted by Gasteiger charge is 2.09. The Hall–Kier alpha value is -5.67. The lowest BCUT2D eigenvalue weighted by Gasteiger charge is -2.15. The fraction of sp³-hybridized carbons (Fsp3) is 0.311. The molecule has 1 saturated carbocycles. The Kier molecular flexibility index (Phi) is 23.0. The second-order valence-corrected chi connectivity index (χ2v) is 12.0. The van der Waals surface area contributed by atoms with Crippen molar-refractivity contribution in [3.63, 3.8) is 0 Å². The third-order valence-corrected chi connectivity index (χ3v) is 7.44. The molecule has 9 heteroatoms. The van der Waals surface area contributed by atoms with E-state index in [1.807, 2.05) is 61.7 Å². The van der Waals surface area contributed by atoms with Gasteiger partial charge in [-0.1, -0.05) is 36.9 Å². The molecule has 54 heavy (non-hydrogen) atoms. The van der Waals surface area contributed by atoms with Crippen LogP contribution >= 0.6 is 0 Å². The summed E-state index contributed by atoms with van der Waals surface area (Å²) in [6.07, 6.45) is 18.9. The van der Waals surface area contributed by atoms with E-state index in [0.717, 1.165) is 54.9 Å². The highest BCUT2D eigenvalue weighted by Crippen LogP contribution is 2.25. The average molecular weight is 739 g/mol. The van der Waals surface area contributed by atoms with E-state index in [2.05, 4.69) is 13.2 Å². The Morgan fingerprint density at radius 3 is 1.65 bits per heavy atom. The van der Waals surface area contributed by atoms with Gasteiger partial charge >= 0.3 is 11.9 Å². The van der Waals surface area contributed by atoms with E-state index in [9.17, 15) is 9.59 Å². The maximum absolute atomic E-state index is 12.5. The molecule has 0 amide bonds. The van der Waals surface area contributed by atoms with Crippen LogP contribution in [-0.2, 0) is 23.9 Å². The van der Waals surface area contributed by atoms with Gasteiger partial charge in [0.2, 0.25) is 0 Å². The van der Waals surface area contributed by atoms with Crippen LogP contribution < -0.4 is 18.9 Å². The molecule has 0 radical (unpaired) electrons. The van der Waals surface area contributed by atoms with Crippen molar-refractivity contribution in [1.29, 1.82) is 0 Å². The number of allylic oxidation sites excluding steroid dienone is 3. The van der Waals surface area contributed by atoms with Crippen molar-refractivity contribution in [2.45, 2.75) is 58.8 Å². The van der Waals surface area contributed by atoms with Crippen LogP contribution in [0.3, 0.4) is 0 Å². The van der Waals surface area contributed by atoms with Crippen molar-refractivity contribution in [3.8, 4) is 23.0 Å². The molecule has 0 heterocycles. The number of carbonyl (C=O) groups excluding carboxylic acids is 3. The van der Waals surface area contributed by atoms with E-state index >= 15 is 0 Å². The standard InChI is InChI=1S/C39H44O8.C3H4O.C3H6/c1-30-28-36(46-38(40)22-14-31-10-16-34(17-11-31)44-26-5-3-24-42-2)20-21-37(30)47-39(41)23-15-32-12-18-35(19-13-32)45-27-6-4-25-43-29-33-8-7-9-33;1-2-3-4;1-3-2/h10-23,28-29H,3-9,24-27H2,1-2H3;2-3H,1H2;3H,1H2,2H3/b22-14+,23-15+;;. The number of esters is 2. The lowest BCUT2D eigenvalue weighted by atomic mass is 9.94. The predicted molar refractivity (Wildman–Crippen MR) is 215 cm³/mol. The van der Waals surface area contributed by atoms with Gasteiger partial charge < -0.3 is 28.4 Å². The number of benzene rings is 3. The van der Waals surface area contributed by atoms with E-state index in [0.29, 0.717) is 43.2 Å². The molecule has 1 fully saturated rings. The van der Waals surface area contributed by atoms with Gasteiger partial charge in [0.15, 0.2) is 0 Å². The summed E-state index contributed by atoms with van der Waals surface area (Å²) in [6, 6.07) is 19.8. The monoisotopic (exact) mass is 738 g/mol. The van der Waals surface area contributed by atoms with Gasteiger partial charge in [-0.05, 0) is 142 Å². The zero-order valence-electron chi connectivity index (χ0n) is 31.8. The molecule has 0 aromatic heterocycles. The largest absolute Gasteiger partial charge is 0.501 e. The third kappa shape index (κ3) is 19.8. The maximum atomic E-state index is 12.5. The molecule has 3 aromatic rings. The second kappa shape index (κ2) is 27.9. The number of aryl methyl sites for hydroxylation is 1. The van der Waals surface area contributed by atoms with Crippen molar-refractivity contribution < 1.29 is 42.8 Å². The van der Waals surface area contributed by atoms with Crippen molar-refractivity contribution in [1.82, 2.24) is 0 Å². The first-order chi connectivity index (χ1) is 26.3. The minimum absolute atomic E-state index is 0.349. The van der Waals surface area contributed by atoms with Crippen LogP contribution in [-0.4, -0.2) is 51.8 Å². The summed E-state index contributed by atoms with van der Waals surface area (Å²) in [4.78, 5) is 33.9. The number of hydrogen-bond donors (Lipinski definition) is 0.